The second-order valence-corrected chi connectivity index (χ2v) is 8.12. The molecule has 3 rings (SSSR count). The molecule has 9 heteroatoms. The first kappa shape index (κ1) is 18.2. The highest BCUT2D eigenvalue weighted by Crippen LogP contribution is 2.27. The van der Waals surface area contributed by atoms with Crippen molar-refractivity contribution in [1.29, 1.82) is 0 Å². The zero-order valence-corrected chi connectivity index (χ0v) is 14.5. The van der Waals surface area contributed by atoms with E-state index in [-0.39, 0.29) is 19.0 Å². The standard InChI is InChI=1S/C16H20F2N2O4S/c17-13-3-4-15(14(18)10-13)25(22,23)20-5-1-2-12(11-20)16(21)19-6-8-24-9-7-19/h3-4,10,12H,1-2,5-9,11H2. The van der Waals surface area contributed by atoms with Crippen molar-refractivity contribution < 1.29 is 26.7 Å². The summed E-state index contributed by atoms with van der Waals surface area (Å²) in [5.41, 5.74) is 0. The van der Waals surface area contributed by atoms with E-state index in [9.17, 15) is 22.0 Å². The Balaban J connectivity index is 1.77. The Morgan fingerprint density at radius 3 is 2.56 bits per heavy atom. The zero-order valence-electron chi connectivity index (χ0n) is 13.7. The van der Waals surface area contributed by atoms with E-state index < -0.39 is 32.5 Å². The summed E-state index contributed by atoms with van der Waals surface area (Å²) in [5, 5.41) is 0. The Kier molecular flexibility index (Phi) is 5.35. The Morgan fingerprint density at radius 2 is 1.88 bits per heavy atom. The first-order valence-corrected chi connectivity index (χ1v) is 9.65. The van der Waals surface area contributed by atoms with Crippen LogP contribution in [-0.4, -0.2) is 62.9 Å². The van der Waals surface area contributed by atoms with E-state index in [1.54, 1.807) is 4.90 Å². The number of morpholine rings is 1. The van der Waals surface area contributed by atoms with E-state index in [1.165, 1.54) is 0 Å². The predicted molar refractivity (Wildman–Crippen MR) is 85.2 cm³/mol. The van der Waals surface area contributed by atoms with Gasteiger partial charge in [0.1, 0.15) is 16.5 Å². The van der Waals surface area contributed by atoms with Gasteiger partial charge in [0.2, 0.25) is 15.9 Å². The molecular formula is C16H20F2N2O4S. The van der Waals surface area contributed by atoms with Gasteiger partial charge in [0.15, 0.2) is 0 Å². The maximum absolute atomic E-state index is 13.9. The van der Waals surface area contributed by atoms with Crippen LogP contribution in [0.3, 0.4) is 0 Å². The van der Waals surface area contributed by atoms with E-state index in [0.717, 1.165) is 16.4 Å². The molecule has 0 radical (unpaired) electrons. The van der Waals surface area contributed by atoms with E-state index in [0.29, 0.717) is 45.2 Å². The number of benzene rings is 1. The number of halogens is 2. The second-order valence-electron chi connectivity index (χ2n) is 6.21. The summed E-state index contributed by atoms with van der Waals surface area (Å²) in [6.07, 6.45) is 1.11. The van der Waals surface area contributed by atoms with Gasteiger partial charge in [-0.25, -0.2) is 17.2 Å². The number of hydrogen-bond donors (Lipinski definition) is 0. The van der Waals surface area contributed by atoms with Gasteiger partial charge in [-0.1, -0.05) is 0 Å². The Morgan fingerprint density at radius 1 is 1.16 bits per heavy atom. The second kappa shape index (κ2) is 7.35. The van der Waals surface area contributed by atoms with Crippen molar-refractivity contribution in [2.75, 3.05) is 39.4 Å². The molecule has 1 aromatic carbocycles. The van der Waals surface area contributed by atoms with Gasteiger partial charge in [0, 0.05) is 32.2 Å². The summed E-state index contributed by atoms with van der Waals surface area (Å²) < 4.78 is 58.7. The average molecular weight is 374 g/mol. The third-order valence-corrected chi connectivity index (χ3v) is 6.47. The van der Waals surface area contributed by atoms with Crippen LogP contribution in [0.5, 0.6) is 0 Å². The number of ether oxygens (including phenoxy) is 1. The van der Waals surface area contributed by atoms with Gasteiger partial charge < -0.3 is 9.64 Å². The van der Waals surface area contributed by atoms with Gasteiger partial charge in [-0.15, -0.1) is 0 Å². The summed E-state index contributed by atoms with van der Waals surface area (Å²) in [7, 11) is -4.11. The van der Waals surface area contributed by atoms with Crippen LogP contribution in [-0.2, 0) is 19.6 Å². The number of nitrogens with zero attached hydrogens (tertiary/aromatic N) is 2. The maximum Gasteiger partial charge on any atom is 0.246 e. The molecule has 138 valence electrons. The summed E-state index contributed by atoms with van der Waals surface area (Å²) in [5.74, 6) is -2.51. The number of sulfonamides is 1. The molecule has 0 spiro atoms. The molecule has 1 aromatic rings. The lowest BCUT2D eigenvalue weighted by atomic mass is 9.98. The fourth-order valence-corrected chi connectivity index (χ4v) is 4.80. The fourth-order valence-electron chi connectivity index (χ4n) is 3.23. The lowest BCUT2D eigenvalue weighted by molar-refractivity contribution is -0.140. The molecule has 0 N–H and O–H groups in total. The minimum absolute atomic E-state index is 0.00927. The van der Waals surface area contributed by atoms with Crippen LogP contribution >= 0.6 is 0 Å². The van der Waals surface area contributed by atoms with Gasteiger partial charge in [-0.3, -0.25) is 4.79 Å². The largest absolute Gasteiger partial charge is 0.378 e. The highest BCUT2D eigenvalue weighted by Gasteiger charge is 2.36. The predicted octanol–water partition coefficient (Wildman–Crippen LogP) is 1.22. The lowest BCUT2D eigenvalue weighted by Crippen LogP contribution is -2.49. The van der Waals surface area contributed by atoms with Crippen LogP contribution in [0, 0.1) is 17.6 Å². The highest BCUT2D eigenvalue weighted by molar-refractivity contribution is 7.89. The molecule has 1 amide bonds. The van der Waals surface area contributed by atoms with Gasteiger partial charge >= 0.3 is 0 Å². The smallest absolute Gasteiger partial charge is 0.246 e. The number of hydrogen-bond acceptors (Lipinski definition) is 4. The van der Waals surface area contributed by atoms with Crippen molar-refractivity contribution in [1.82, 2.24) is 9.21 Å². The van der Waals surface area contributed by atoms with Crippen LogP contribution in [0.2, 0.25) is 0 Å². The molecule has 2 heterocycles. The average Bonchev–Trinajstić information content (AvgIpc) is 2.61. The maximum atomic E-state index is 13.9. The normalized spacial score (nSPS) is 22.8. The summed E-state index contributed by atoms with van der Waals surface area (Å²) >= 11 is 0. The summed E-state index contributed by atoms with van der Waals surface area (Å²) in [6, 6.07) is 2.39. The minimum atomic E-state index is -4.11. The van der Waals surface area contributed by atoms with Crippen LogP contribution in [0.25, 0.3) is 0 Å². The number of carbonyl (C=O) groups excluding carboxylic acids is 1. The molecule has 0 bridgehead atoms. The van der Waals surface area contributed by atoms with Gasteiger partial charge in [-0.2, -0.15) is 4.31 Å². The Hall–Kier alpha value is -1.58. The van der Waals surface area contributed by atoms with Crippen LogP contribution in [0.15, 0.2) is 23.1 Å². The number of rotatable bonds is 3. The topological polar surface area (TPSA) is 66.9 Å². The van der Waals surface area contributed by atoms with Crippen molar-refractivity contribution in [2.24, 2.45) is 5.92 Å². The van der Waals surface area contributed by atoms with Gasteiger partial charge in [0.25, 0.3) is 0 Å². The SMILES string of the molecule is O=C(C1CCCN(S(=O)(=O)c2ccc(F)cc2F)C1)N1CCOCC1. The molecule has 1 unspecified atom stereocenters. The molecule has 25 heavy (non-hydrogen) atoms. The molecule has 6 nitrogen and oxygen atoms in total. The summed E-state index contributed by atoms with van der Waals surface area (Å²) in [6.45, 7) is 2.16. The van der Waals surface area contributed by atoms with Crippen molar-refractivity contribution in [3.05, 3.63) is 29.8 Å². The lowest BCUT2D eigenvalue weighted by Gasteiger charge is -2.35. The Bertz CT molecular complexity index is 751. The van der Waals surface area contributed by atoms with Gasteiger partial charge in [0.05, 0.1) is 19.1 Å². The molecule has 1 atom stereocenters. The van der Waals surface area contributed by atoms with Crippen molar-refractivity contribution in [3.63, 3.8) is 0 Å². The van der Waals surface area contributed by atoms with E-state index in [1.807, 2.05) is 0 Å². The highest BCUT2D eigenvalue weighted by atomic mass is 32.2. The van der Waals surface area contributed by atoms with Crippen molar-refractivity contribution in [2.45, 2.75) is 17.7 Å². The molecule has 2 saturated heterocycles. The summed E-state index contributed by atoms with van der Waals surface area (Å²) in [4.78, 5) is 13.7. The van der Waals surface area contributed by atoms with Crippen LogP contribution < -0.4 is 0 Å². The van der Waals surface area contributed by atoms with Gasteiger partial charge in [-0.05, 0) is 25.0 Å². The number of amides is 1. The van der Waals surface area contributed by atoms with Crippen molar-refractivity contribution >= 4 is 15.9 Å². The molecule has 2 fully saturated rings. The van der Waals surface area contributed by atoms with Crippen LogP contribution in [0.4, 0.5) is 8.78 Å². The molecule has 0 saturated carbocycles. The quantitative estimate of drug-likeness (QED) is 0.798. The monoisotopic (exact) mass is 374 g/mol. The minimum Gasteiger partial charge on any atom is -0.378 e. The van der Waals surface area contributed by atoms with E-state index >= 15 is 0 Å². The molecule has 0 aliphatic carbocycles. The number of piperidine rings is 1. The molecular weight excluding hydrogens is 354 g/mol. The zero-order chi connectivity index (χ0) is 18.0. The van der Waals surface area contributed by atoms with E-state index in [4.69, 9.17) is 4.74 Å². The third kappa shape index (κ3) is 3.83. The van der Waals surface area contributed by atoms with E-state index in [2.05, 4.69) is 0 Å². The first-order valence-electron chi connectivity index (χ1n) is 8.21. The first-order chi connectivity index (χ1) is 11.9. The molecule has 0 aromatic heterocycles. The third-order valence-electron chi connectivity index (χ3n) is 4.57. The molecule has 2 aliphatic heterocycles. The van der Waals surface area contributed by atoms with Crippen LogP contribution in [0.1, 0.15) is 12.8 Å². The fraction of sp³-hybridized carbons (Fsp3) is 0.562. The molecule has 2 aliphatic rings. The number of carbonyl (C=O) groups is 1. The Labute approximate surface area is 145 Å². The van der Waals surface area contributed by atoms with Crippen molar-refractivity contribution in [3.8, 4) is 0 Å².